The van der Waals surface area contributed by atoms with E-state index in [1.807, 2.05) is 30.3 Å². The van der Waals surface area contributed by atoms with Crippen LogP contribution >= 0.6 is 23.4 Å². The van der Waals surface area contributed by atoms with Gasteiger partial charge in [-0.05, 0) is 54.9 Å². The number of esters is 1. The maximum absolute atomic E-state index is 12.5. The Hall–Kier alpha value is -2.77. The molecule has 2 amide bonds. The van der Waals surface area contributed by atoms with Gasteiger partial charge in [0.05, 0.1) is 16.0 Å². The Balaban J connectivity index is 1.67. The molecule has 8 heteroatoms. The molecule has 2 aromatic carbocycles. The molecule has 30 heavy (non-hydrogen) atoms. The SMILES string of the molecule is CC(C)OC(=O)CN1C(=O)S/C(=C\c2ccc(OCc3ccccc3)c(Cl)c2)C1=O. The summed E-state index contributed by atoms with van der Waals surface area (Å²) in [6, 6.07) is 14.8. The second kappa shape index (κ2) is 9.82. The number of carbonyl (C=O) groups is 3. The molecule has 0 N–H and O–H groups in total. The number of halogens is 1. The summed E-state index contributed by atoms with van der Waals surface area (Å²) < 4.78 is 10.7. The number of rotatable bonds is 7. The molecule has 156 valence electrons. The molecule has 1 heterocycles. The van der Waals surface area contributed by atoms with Crippen molar-refractivity contribution >= 4 is 46.6 Å². The van der Waals surface area contributed by atoms with Crippen molar-refractivity contribution in [2.24, 2.45) is 0 Å². The highest BCUT2D eigenvalue weighted by atomic mass is 35.5. The minimum absolute atomic E-state index is 0.214. The number of carbonyl (C=O) groups excluding carboxylic acids is 3. The number of thioether (sulfide) groups is 1. The van der Waals surface area contributed by atoms with E-state index in [1.165, 1.54) is 0 Å². The first-order chi connectivity index (χ1) is 14.3. The van der Waals surface area contributed by atoms with E-state index < -0.39 is 23.7 Å². The lowest BCUT2D eigenvalue weighted by Gasteiger charge is -2.13. The van der Waals surface area contributed by atoms with Gasteiger partial charge >= 0.3 is 5.97 Å². The van der Waals surface area contributed by atoms with Crippen molar-refractivity contribution in [2.45, 2.75) is 26.6 Å². The monoisotopic (exact) mass is 445 g/mol. The van der Waals surface area contributed by atoms with Crippen molar-refractivity contribution in [3.8, 4) is 5.75 Å². The highest BCUT2D eigenvalue weighted by Crippen LogP contribution is 2.34. The van der Waals surface area contributed by atoms with E-state index in [0.29, 0.717) is 22.9 Å². The van der Waals surface area contributed by atoms with E-state index in [4.69, 9.17) is 21.1 Å². The second-order valence-corrected chi connectivity index (χ2v) is 8.17. The molecule has 0 bridgehead atoms. The zero-order valence-electron chi connectivity index (χ0n) is 16.5. The number of imide groups is 1. The molecule has 0 spiro atoms. The van der Waals surface area contributed by atoms with E-state index >= 15 is 0 Å². The number of ether oxygens (including phenoxy) is 2. The number of amides is 2. The van der Waals surface area contributed by atoms with Crippen LogP contribution in [0.15, 0.2) is 53.4 Å². The maximum Gasteiger partial charge on any atom is 0.326 e. The first kappa shape index (κ1) is 21.9. The van der Waals surface area contributed by atoms with Crippen LogP contribution < -0.4 is 4.74 Å². The Morgan fingerprint density at radius 3 is 2.57 bits per heavy atom. The Morgan fingerprint density at radius 1 is 1.17 bits per heavy atom. The van der Waals surface area contributed by atoms with Crippen molar-refractivity contribution in [1.82, 2.24) is 4.90 Å². The normalized spacial score (nSPS) is 15.2. The summed E-state index contributed by atoms with van der Waals surface area (Å²) in [7, 11) is 0. The van der Waals surface area contributed by atoms with Gasteiger partial charge in [-0.3, -0.25) is 19.3 Å². The molecule has 1 fully saturated rings. The largest absolute Gasteiger partial charge is 0.487 e. The summed E-state index contributed by atoms with van der Waals surface area (Å²) in [6.45, 7) is 3.36. The summed E-state index contributed by atoms with van der Waals surface area (Å²) in [5, 5.41) is -0.125. The van der Waals surface area contributed by atoms with Gasteiger partial charge < -0.3 is 9.47 Å². The summed E-state index contributed by atoms with van der Waals surface area (Å²) in [6.07, 6.45) is 1.24. The highest BCUT2D eigenvalue weighted by molar-refractivity contribution is 8.18. The average molecular weight is 446 g/mol. The molecule has 3 rings (SSSR count). The van der Waals surface area contributed by atoms with Gasteiger partial charge in [-0.15, -0.1) is 0 Å². The fourth-order valence-corrected chi connectivity index (χ4v) is 3.76. The third-order valence-corrected chi connectivity index (χ3v) is 5.22. The molecule has 0 saturated carbocycles. The lowest BCUT2D eigenvalue weighted by Crippen LogP contribution is -2.35. The van der Waals surface area contributed by atoms with Gasteiger partial charge in [-0.2, -0.15) is 0 Å². The summed E-state index contributed by atoms with van der Waals surface area (Å²) >= 11 is 7.08. The molecule has 0 unspecified atom stereocenters. The van der Waals surface area contributed by atoms with Gasteiger partial charge in [-0.25, -0.2) is 0 Å². The Bertz CT molecular complexity index is 990. The predicted molar refractivity (Wildman–Crippen MR) is 116 cm³/mol. The molecular formula is C22H20ClNO5S. The van der Waals surface area contributed by atoms with Gasteiger partial charge in [0, 0.05) is 0 Å². The Morgan fingerprint density at radius 2 is 1.90 bits per heavy atom. The molecule has 0 aliphatic carbocycles. The fourth-order valence-electron chi connectivity index (χ4n) is 2.68. The molecule has 2 aromatic rings. The van der Waals surface area contributed by atoms with E-state index in [1.54, 1.807) is 38.1 Å². The summed E-state index contributed by atoms with van der Waals surface area (Å²) in [5.41, 5.74) is 1.66. The van der Waals surface area contributed by atoms with Gasteiger partial charge in [0.15, 0.2) is 0 Å². The maximum atomic E-state index is 12.5. The fraction of sp³-hybridized carbons (Fsp3) is 0.227. The first-order valence-electron chi connectivity index (χ1n) is 9.24. The smallest absolute Gasteiger partial charge is 0.326 e. The first-order valence-corrected chi connectivity index (χ1v) is 10.4. The highest BCUT2D eigenvalue weighted by Gasteiger charge is 2.36. The van der Waals surface area contributed by atoms with E-state index in [2.05, 4.69) is 0 Å². The van der Waals surface area contributed by atoms with Crippen LogP contribution in [0.25, 0.3) is 6.08 Å². The Kier molecular flexibility index (Phi) is 7.18. The minimum atomic E-state index is -0.628. The Labute approximate surface area is 183 Å². The van der Waals surface area contributed by atoms with Crippen LogP contribution in [0.4, 0.5) is 4.79 Å². The molecule has 1 aliphatic heterocycles. The summed E-state index contributed by atoms with van der Waals surface area (Å²) in [5.74, 6) is -0.648. The molecule has 0 atom stereocenters. The van der Waals surface area contributed by atoms with Gasteiger partial charge in [-0.1, -0.05) is 48.0 Å². The van der Waals surface area contributed by atoms with Crippen molar-refractivity contribution in [1.29, 1.82) is 0 Å². The third kappa shape index (κ3) is 5.64. The molecule has 0 aromatic heterocycles. The van der Waals surface area contributed by atoms with Gasteiger partial charge in [0.25, 0.3) is 11.1 Å². The van der Waals surface area contributed by atoms with Crippen LogP contribution in [0.5, 0.6) is 5.75 Å². The van der Waals surface area contributed by atoms with Crippen LogP contribution in [0.3, 0.4) is 0 Å². The average Bonchev–Trinajstić information content (AvgIpc) is 2.95. The lowest BCUT2D eigenvalue weighted by atomic mass is 10.2. The number of nitrogens with zero attached hydrogens (tertiary/aromatic N) is 1. The molecule has 6 nitrogen and oxygen atoms in total. The van der Waals surface area contributed by atoms with Crippen LogP contribution in [0.2, 0.25) is 5.02 Å². The molecule has 1 saturated heterocycles. The van der Waals surface area contributed by atoms with Crippen LogP contribution in [-0.2, 0) is 20.9 Å². The third-order valence-electron chi connectivity index (χ3n) is 4.02. The van der Waals surface area contributed by atoms with E-state index in [0.717, 1.165) is 22.2 Å². The quantitative estimate of drug-likeness (QED) is 0.445. The van der Waals surface area contributed by atoms with Crippen molar-refractivity contribution < 1.29 is 23.9 Å². The minimum Gasteiger partial charge on any atom is -0.487 e. The van der Waals surface area contributed by atoms with Crippen LogP contribution in [-0.4, -0.2) is 34.7 Å². The number of benzene rings is 2. The van der Waals surface area contributed by atoms with E-state index in [9.17, 15) is 14.4 Å². The second-order valence-electron chi connectivity index (χ2n) is 6.77. The molecule has 1 aliphatic rings. The van der Waals surface area contributed by atoms with Crippen molar-refractivity contribution in [3.05, 3.63) is 69.6 Å². The van der Waals surface area contributed by atoms with Crippen LogP contribution in [0, 0.1) is 0 Å². The number of hydrogen-bond donors (Lipinski definition) is 0. The zero-order chi connectivity index (χ0) is 21.7. The topological polar surface area (TPSA) is 72.9 Å². The lowest BCUT2D eigenvalue weighted by molar-refractivity contribution is -0.149. The predicted octanol–water partition coefficient (Wildman–Crippen LogP) is 4.91. The molecule has 0 radical (unpaired) electrons. The molecular weight excluding hydrogens is 426 g/mol. The van der Waals surface area contributed by atoms with E-state index in [-0.39, 0.29) is 11.0 Å². The summed E-state index contributed by atoms with van der Waals surface area (Å²) in [4.78, 5) is 37.5. The van der Waals surface area contributed by atoms with Gasteiger partial charge in [0.1, 0.15) is 18.9 Å². The van der Waals surface area contributed by atoms with Gasteiger partial charge in [0.2, 0.25) is 0 Å². The number of hydrogen-bond acceptors (Lipinski definition) is 6. The van der Waals surface area contributed by atoms with Crippen molar-refractivity contribution in [3.63, 3.8) is 0 Å². The standard InChI is InChI=1S/C22H20ClNO5S/c1-14(2)29-20(25)12-24-21(26)19(30-22(24)27)11-16-8-9-18(17(23)10-16)28-13-15-6-4-3-5-7-15/h3-11,14H,12-13H2,1-2H3/b19-11-. The van der Waals surface area contributed by atoms with Crippen molar-refractivity contribution in [2.75, 3.05) is 6.54 Å². The van der Waals surface area contributed by atoms with Crippen LogP contribution in [0.1, 0.15) is 25.0 Å². The zero-order valence-corrected chi connectivity index (χ0v) is 18.0.